The predicted octanol–water partition coefficient (Wildman–Crippen LogP) is 2.63. The first-order valence-corrected chi connectivity index (χ1v) is 6.90. The molecule has 0 amide bonds. The van der Waals surface area contributed by atoms with E-state index in [1.165, 1.54) is 18.0 Å². The molecule has 84 valence electrons. The van der Waals surface area contributed by atoms with Gasteiger partial charge in [0.05, 0.1) is 10.7 Å². The van der Waals surface area contributed by atoms with Crippen molar-refractivity contribution < 1.29 is 4.73 Å². The van der Waals surface area contributed by atoms with Crippen LogP contribution in [0.1, 0.15) is 17.6 Å². The molecule has 0 aliphatic heterocycles. The third-order valence-corrected chi connectivity index (χ3v) is 4.15. The normalized spacial score (nSPS) is 10.6. The summed E-state index contributed by atoms with van der Waals surface area (Å²) in [7, 11) is 0. The molecule has 0 unspecified atom stereocenters. The van der Waals surface area contributed by atoms with Crippen molar-refractivity contribution in [2.75, 3.05) is 0 Å². The van der Waals surface area contributed by atoms with Gasteiger partial charge in [0, 0.05) is 23.3 Å². The highest BCUT2D eigenvalue weighted by molar-refractivity contribution is 7.98. The molecule has 0 aliphatic carbocycles. The maximum atomic E-state index is 11.4. The van der Waals surface area contributed by atoms with Gasteiger partial charge in [-0.05, 0) is 24.2 Å². The smallest absolute Gasteiger partial charge is 0.251 e. The Morgan fingerprint density at radius 2 is 2.38 bits per heavy atom. The van der Waals surface area contributed by atoms with Gasteiger partial charge in [-0.15, -0.1) is 11.3 Å². The predicted molar refractivity (Wildman–Crippen MR) is 66.5 cm³/mol. The SMILES string of the molecule is CCc1nc(CSc2cccc[n+]2[O-])cs1. The fourth-order valence-corrected chi connectivity index (χ4v) is 2.91. The number of aromatic nitrogens is 2. The Bertz CT molecular complexity index is 471. The van der Waals surface area contributed by atoms with E-state index in [4.69, 9.17) is 0 Å². The lowest BCUT2D eigenvalue weighted by Crippen LogP contribution is -2.27. The molecule has 0 fully saturated rings. The minimum absolute atomic E-state index is 0.716. The molecule has 0 aromatic carbocycles. The zero-order valence-electron chi connectivity index (χ0n) is 8.92. The summed E-state index contributed by atoms with van der Waals surface area (Å²) in [5.41, 5.74) is 1.05. The van der Waals surface area contributed by atoms with Gasteiger partial charge in [-0.2, -0.15) is 4.73 Å². The number of hydrogen-bond acceptors (Lipinski definition) is 4. The Morgan fingerprint density at radius 1 is 1.50 bits per heavy atom. The summed E-state index contributed by atoms with van der Waals surface area (Å²) < 4.78 is 0.887. The van der Waals surface area contributed by atoms with Gasteiger partial charge in [-0.3, -0.25) is 0 Å². The van der Waals surface area contributed by atoms with Crippen LogP contribution < -0.4 is 4.73 Å². The number of rotatable bonds is 4. The lowest BCUT2D eigenvalue weighted by atomic mass is 10.5. The Hall–Kier alpha value is -1.07. The monoisotopic (exact) mass is 252 g/mol. The lowest BCUT2D eigenvalue weighted by Gasteiger charge is -2.01. The first-order chi connectivity index (χ1) is 7.79. The standard InChI is InChI=1S/C11H12N2OS2/c1-2-10-12-9(7-15-10)8-16-11-5-3-4-6-13(11)14/h3-7H,2,8H2,1H3. The summed E-state index contributed by atoms with van der Waals surface area (Å²) in [6.07, 6.45) is 2.49. The van der Waals surface area contributed by atoms with E-state index in [2.05, 4.69) is 17.3 Å². The molecule has 16 heavy (non-hydrogen) atoms. The Balaban J connectivity index is 1.99. The zero-order valence-corrected chi connectivity index (χ0v) is 10.6. The second kappa shape index (κ2) is 5.32. The highest BCUT2D eigenvalue weighted by atomic mass is 32.2. The number of thiazole rings is 1. The first kappa shape index (κ1) is 11.4. The largest absolute Gasteiger partial charge is 0.618 e. The lowest BCUT2D eigenvalue weighted by molar-refractivity contribution is -0.645. The zero-order chi connectivity index (χ0) is 11.4. The van der Waals surface area contributed by atoms with Crippen molar-refractivity contribution in [1.82, 2.24) is 4.98 Å². The number of thioether (sulfide) groups is 1. The fourth-order valence-electron chi connectivity index (χ4n) is 1.25. The van der Waals surface area contributed by atoms with E-state index < -0.39 is 0 Å². The third-order valence-electron chi connectivity index (χ3n) is 2.06. The second-order valence-corrected chi connectivity index (χ2v) is 5.18. The van der Waals surface area contributed by atoms with Crippen LogP contribution in [0.3, 0.4) is 0 Å². The molecule has 5 heteroatoms. The number of pyridine rings is 1. The summed E-state index contributed by atoms with van der Waals surface area (Å²) in [6.45, 7) is 2.10. The van der Waals surface area contributed by atoms with Crippen LogP contribution in [-0.2, 0) is 12.2 Å². The van der Waals surface area contributed by atoms with Gasteiger partial charge in [0.25, 0.3) is 5.03 Å². The average Bonchev–Trinajstić information content (AvgIpc) is 2.76. The molecule has 0 atom stereocenters. The molecule has 0 N–H and O–H groups in total. The summed E-state index contributed by atoms with van der Waals surface area (Å²) in [4.78, 5) is 4.46. The molecule has 2 aromatic rings. The second-order valence-electron chi connectivity index (χ2n) is 3.24. The van der Waals surface area contributed by atoms with Crippen LogP contribution in [0.25, 0.3) is 0 Å². The minimum Gasteiger partial charge on any atom is -0.618 e. The van der Waals surface area contributed by atoms with Crippen LogP contribution in [-0.4, -0.2) is 4.98 Å². The third kappa shape index (κ3) is 2.74. The quantitative estimate of drug-likeness (QED) is 0.477. The minimum atomic E-state index is 0.716. The van der Waals surface area contributed by atoms with E-state index in [0.29, 0.717) is 5.03 Å². The summed E-state index contributed by atoms with van der Waals surface area (Å²) in [5, 5.41) is 15.3. The van der Waals surface area contributed by atoms with E-state index >= 15 is 0 Å². The molecule has 0 saturated carbocycles. The average molecular weight is 252 g/mol. The van der Waals surface area contributed by atoms with Gasteiger partial charge in [-0.1, -0.05) is 6.92 Å². The van der Waals surface area contributed by atoms with E-state index in [1.54, 1.807) is 17.4 Å². The first-order valence-electron chi connectivity index (χ1n) is 5.04. The molecular weight excluding hydrogens is 240 g/mol. The van der Waals surface area contributed by atoms with E-state index in [9.17, 15) is 5.21 Å². The van der Waals surface area contributed by atoms with Crippen LogP contribution in [0.2, 0.25) is 0 Å². The molecule has 0 spiro atoms. The van der Waals surface area contributed by atoms with E-state index in [0.717, 1.165) is 27.6 Å². The van der Waals surface area contributed by atoms with Crippen molar-refractivity contribution >= 4 is 23.1 Å². The van der Waals surface area contributed by atoms with Crippen LogP contribution in [0.5, 0.6) is 0 Å². The van der Waals surface area contributed by atoms with Gasteiger partial charge in [0.15, 0.2) is 6.20 Å². The molecular formula is C11H12N2OS2. The van der Waals surface area contributed by atoms with Crippen LogP contribution >= 0.6 is 23.1 Å². The summed E-state index contributed by atoms with van der Waals surface area (Å²) >= 11 is 3.20. The molecule has 2 heterocycles. The number of nitrogens with zero attached hydrogens (tertiary/aromatic N) is 2. The van der Waals surface area contributed by atoms with Gasteiger partial charge in [-0.25, -0.2) is 4.98 Å². The van der Waals surface area contributed by atoms with Crippen LogP contribution in [0.15, 0.2) is 34.8 Å². The van der Waals surface area contributed by atoms with Crippen molar-refractivity contribution in [2.24, 2.45) is 0 Å². The molecule has 2 aromatic heterocycles. The van der Waals surface area contributed by atoms with Gasteiger partial charge >= 0.3 is 0 Å². The highest BCUT2D eigenvalue weighted by Crippen LogP contribution is 2.20. The molecule has 3 nitrogen and oxygen atoms in total. The summed E-state index contributed by atoms with van der Waals surface area (Å²) in [6, 6.07) is 5.43. The van der Waals surface area contributed by atoms with E-state index in [1.807, 2.05) is 12.1 Å². The maximum absolute atomic E-state index is 11.4. The molecule has 0 saturated heterocycles. The Kier molecular flexibility index (Phi) is 3.79. The Labute approximate surface area is 103 Å². The van der Waals surface area contributed by atoms with Crippen molar-refractivity contribution in [3.8, 4) is 0 Å². The number of aryl methyl sites for hydroxylation is 1. The van der Waals surface area contributed by atoms with Gasteiger partial charge < -0.3 is 5.21 Å². The van der Waals surface area contributed by atoms with E-state index in [-0.39, 0.29) is 0 Å². The van der Waals surface area contributed by atoms with Gasteiger partial charge in [0.2, 0.25) is 0 Å². The molecule has 0 radical (unpaired) electrons. The molecule has 0 bridgehead atoms. The van der Waals surface area contributed by atoms with Crippen molar-refractivity contribution in [1.29, 1.82) is 0 Å². The fraction of sp³-hybridized carbons (Fsp3) is 0.273. The summed E-state index contributed by atoms with van der Waals surface area (Å²) in [5.74, 6) is 0.753. The molecule has 0 aliphatic rings. The van der Waals surface area contributed by atoms with Crippen molar-refractivity contribution in [3.63, 3.8) is 0 Å². The Morgan fingerprint density at radius 3 is 3.06 bits per heavy atom. The van der Waals surface area contributed by atoms with Crippen LogP contribution in [0.4, 0.5) is 0 Å². The highest BCUT2D eigenvalue weighted by Gasteiger charge is 2.06. The van der Waals surface area contributed by atoms with Crippen LogP contribution in [0, 0.1) is 5.21 Å². The maximum Gasteiger partial charge on any atom is 0.251 e. The molecule has 2 rings (SSSR count). The van der Waals surface area contributed by atoms with Crippen molar-refractivity contribution in [2.45, 2.75) is 24.1 Å². The topological polar surface area (TPSA) is 39.8 Å². The van der Waals surface area contributed by atoms with Gasteiger partial charge in [0.1, 0.15) is 0 Å². The van der Waals surface area contributed by atoms with Crippen molar-refractivity contribution in [3.05, 3.63) is 45.7 Å². The number of hydrogen-bond donors (Lipinski definition) is 0.